The number of nitrogens with zero attached hydrogens (tertiary/aromatic N) is 2. The Balaban J connectivity index is 0.00000121. The molecule has 4 saturated heterocycles. The van der Waals surface area contributed by atoms with Crippen molar-refractivity contribution in [2.45, 2.75) is 25.4 Å². The van der Waals surface area contributed by atoms with Crippen molar-refractivity contribution in [1.82, 2.24) is 4.90 Å². The second kappa shape index (κ2) is 4.90. The molecule has 5 heterocycles. The van der Waals surface area contributed by atoms with Crippen LogP contribution in [0.1, 0.15) is 18.4 Å². The Kier molecular flexibility index (Phi) is 3.47. The molecule has 5 rings (SSSR count). The van der Waals surface area contributed by atoms with Gasteiger partial charge in [0.05, 0.1) is 6.54 Å². The van der Waals surface area contributed by atoms with Crippen LogP contribution in [-0.2, 0) is 4.74 Å². The summed E-state index contributed by atoms with van der Waals surface area (Å²) in [5.74, 6) is 0.548. The molecule has 1 aromatic rings. The molecule has 0 aliphatic carbocycles. The molecular weight excluding hydrogens is 296 g/mol. The fourth-order valence-electron chi connectivity index (χ4n) is 3.81. The van der Waals surface area contributed by atoms with Crippen LogP contribution in [0.5, 0.6) is 0 Å². The van der Waals surface area contributed by atoms with Gasteiger partial charge in [-0.05, 0) is 49.9 Å². The van der Waals surface area contributed by atoms with Gasteiger partial charge in [0.2, 0.25) is 0 Å². The molecule has 0 radical (unpaired) electrons. The Bertz CT molecular complexity index is 527. The topological polar surface area (TPSA) is 32.8 Å². The first-order valence-corrected chi connectivity index (χ1v) is 7.83. The van der Waals surface area contributed by atoms with Gasteiger partial charge in [-0.15, -0.1) is 23.7 Å². The Morgan fingerprint density at radius 2 is 2.10 bits per heavy atom. The van der Waals surface area contributed by atoms with Crippen LogP contribution < -0.4 is 4.90 Å². The summed E-state index contributed by atoms with van der Waals surface area (Å²) in [5, 5.41) is 3.10. The van der Waals surface area contributed by atoms with E-state index in [9.17, 15) is 4.79 Å². The predicted molar refractivity (Wildman–Crippen MR) is 82.0 cm³/mol. The molecule has 4 aliphatic heterocycles. The van der Waals surface area contributed by atoms with E-state index in [1.165, 1.54) is 31.5 Å². The molecule has 1 aromatic heterocycles. The van der Waals surface area contributed by atoms with E-state index in [0.717, 1.165) is 18.1 Å². The lowest BCUT2D eigenvalue weighted by atomic mass is 9.75. The van der Waals surface area contributed by atoms with E-state index in [0.29, 0.717) is 5.92 Å². The van der Waals surface area contributed by atoms with Gasteiger partial charge in [0.15, 0.2) is 0 Å². The van der Waals surface area contributed by atoms with Crippen molar-refractivity contribution in [3.63, 3.8) is 0 Å². The molecule has 20 heavy (non-hydrogen) atoms. The summed E-state index contributed by atoms with van der Waals surface area (Å²) in [7, 11) is 0. The molecule has 1 spiro atoms. The third-order valence-corrected chi connectivity index (χ3v) is 5.88. The lowest BCUT2D eigenvalue weighted by Crippen LogP contribution is -2.61. The van der Waals surface area contributed by atoms with E-state index in [1.54, 1.807) is 11.3 Å². The normalized spacial score (nSPS) is 35.2. The summed E-state index contributed by atoms with van der Waals surface area (Å²) < 4.78 is 5.87. The van der Waals surface area contributed by atoms with Crippen LogP contribution in [0.3, 0.4) is 0 Å². The SMILES string of the molecule is Cc1ccsc1N1C[C@@]2(CN3CCC2CC3)OC1=O.Cl. The van der Waals surface area contributed by atoms with Crippen molar-refractivity contribution in [2.75, 3.05) is 31.1 Å². The van der Waals surface area contributed by atoms with Crippen LogP contribution in [-0.4, -0.2) is 42.8 Å². The highest BCUT2D eigenvalue weighted by Crippen LogP contribution is 2.44. The van der Waals surface area contributed by atoms with Crippen LogP contribution in [0.2, 0.25) is 0 Å². The lowest BCUT2D eigenvalue weighted by molar-refractivity contribution is -0.0881. The molecule has 1 atom stereocenters. The fourth-order valence-corrected chi connectivity index (χ4v) is 4.73. The number of hydrogen-bond acceptors (Lipinski definition) is 4. The van der Waals surface area contributed by atoms with E-state index in [2.05, 4.69) is 17.9 Å². The summed E-state index contributed by atoms with van der Waals surface area (Å²) >= 11 is 1.63. The molecule has 2 bridgehead atoms. The van der Waals surface area contributed by atoms with Gasteiger partial charge in [0, 0.05) is 12.5 Å². The van der Waals surface area contributed by atoms with Crippen LogP contribution in [0.15, 0.2) is 11.4 Å². The zero-order valence-electron chi connectivity index (χ0n) is 11.5. The smallest absolute Gasteiger partial charge is 0.415 e. The molecule has 0 saturated carbocycles. The number of aryl methyl sites for hydroxylation is 1. The Morgan fingerprint density at radius 1 is 1.35 bits per heavy atom. The maximum absolute atomic E-state index is 12.3. The highest BCUT2D eigenvalue weighted by atomic mass is 35.5. The summed E-state index contributed by atoms with van der Waals surface area (Å²) in [4.78, 5) is 16.6. The number of fused-ring (bicyclic) bond motifs is 2. The molecule has 0 N–H and O–H groups in total. The van der Waals surface area contributed by atoms with Gasteiger partial charge in [-0.25, -0.2) is 4.79 Å². The minimum atomic E-state index is -0.246. The third-order valence-electron chi connectivity index (χ3n) is 4.84. The van der Waals surface area contributed by atoms with Crippen LogP contribution >= 0.6 is 23.7 Å². The minimum Gasteiger partial charge on any atom is -0.439 e. The zero-order chi connectivity index (χ0) is 13.0. The fraction of sp³-hybridized carbons (Fsp3) is 0.643. The van der Waals surface area contributed by atoms with Crippen LogP contribution in [0, 0.1) is 12.8 Å². The molecule has 0 unspecified atom stereocenters. The quantitative estimate of drug-likeness (QED) is 0.799. The number of rotatable bonds is 1. The van der Waals surface area contributed by atoms with Crippen LogP contribution in [0.4, 0.5) is 9.80 Å². The number of carbonyl (C=O) groups is 1. The van der Waals surface area contributed by atoms with Crippen molar-refractivity contribution in [2.24, 2.45) is 5.92 Å². The number of anilines is 1. The Hall–Kier alpha value is -0.780. The number of ether oxygens (including phenoxy) is 1. The second-order valence-electron chi connectivity index (χ2n) is 5.98. The summed E-state index contributed by atoms with van der Waals surface area (Å²) in [6.07, 6.45) is 2.19. The lowest BCUT2D eigenvalue weighted by Gasteiger charge is -2.49. The van der Waals surface area contributed by atoms with Crippen LogP contribution in [0.25, 0.3) is 0 Å². The van der Waals surface area contributed by atoms with Crippen molar-refractivity contribution in [3.8, 4) is 0 Å². The second-order valence-corrected chi connectivity index (χ2v) is 6.87. The molecule has 4 fully saturated rings. The van der Waals surface area contributed by atoms with E-state index < -0.39 is 0 Å². The van der Waals surface area contributed by atoms with Gasteiger partial charge in [-0.1, -0.05) is 0 Å². The highest BCUT2D eigenvalue weighted by Gasteiger charge is 2.55. The van der Waals surface area contributed by atoms with E-state index >= 15 is 0 Å². The molecule has 110 valence electrons. The monoisotopic (exact) mass is 314 g/mol. The number of halogens is 1. The third kappa shape index (κ3) is 1.95. The van der Waals surface area contributed by atoms with E-state index in [1.807, 2.05) is 10.3 Å². The standard InChI is InChI=1S/C14H18N2O2S.ClH/c1-10-4-7-19-12(10)16-9-14(18-13(16)17)8-15-5-2-11(14)3-6-15;/h4,7,11H,2-3,5-6,8-9H2,1H3;1H/t14-;/m1./s1. The number of carbonyl (C=O) groups excluding carboxylic acids is 1. The Morgan fingerprint density at radius 3 is 2.65 bits per heavy atom. The van der Waals surface area contributed by atoms with Gasteiger partial charge in [0.1, 0.15) is 10.6 Å². The molecule has 0 aromatic carbocycles. The molecule has 4 nitrogen and oxygen atoms in total. The zero-order valence-corrected chi connectivity index (χ0v) is 13.1. The molecule has 6 heteroatoms. The summed E-state index contributed by atoms with van der Waals surface area (Å²) in [5.41, 5.74) is 0.921. The van der Waals surface area contributed by atoms with Crippen molar-refractivity contribution in [1.29, 1.82) is 0 Å². The molecular formula is C14H19ClN2O2S. The van der Waals surface area contributed by atoms with Crippen molar-refractivity contribution >= 4 is 34.8 Å². The maximum Gasteiger partial charge on any atom is 0.415 e. The predicted octanol–water partition coefficient (Wildman–Crippen LogP) is 2.90. The highest BCUT2D eigenvalue weighted by molar-refractivity contribution is 7.14. The average molecular weight is 315 g/mol. The number of piperidine rings is 3. The number of thiophene rings is 1. The first-order valence-electron chi connectivity index (χ1n) is 6.95. The Labute approximate surface area is 129 Å². The maximum atomic E-state index is 12.3. The van der Waals surface area contributed by atoms with Crippen molar-refractivity contribution < 1.29 is 9.53 Å². The van der Waals surface area contributed by atoms with E-state index in [4.69, 9.17) is 4.74 Å². The number of amides is 1. The first kappa shape index (κ1) is 14.2. The summed E-state index contributed by atoms with van der Waals surface area (Å²) in [6.45, 7) is 6.04. The average Bonchev–Trinajstić information content (AvgIpc) is 2.95. The van der Waals surface area contributed by atoms with Gasteiger partial charge in [-0.3, -0.25) is 9.80 Å². The van der Waals surface area contributed by atoms with Gasteiger partial charge < -0.3 is 4.74 Å². The molecule has 4 aliphatic rings. The number of hydrogen-bond donors (Lipinski definition) is 0. The largest absolute Gasteiger partial charge is 0.439 e. The van der Waals surface area contributed by atoms with E-state index in [-0.39, 0.29) is 24.1 Å². The van der Waals surface area contributed by atoms with Gasteiger partial charge >= 0.3 is 6.09 Å². The first-order chi connectivity index (χ1) is 9.18. The molecule has 1 amide bonds. The summed E-state index contributed by atoms with van der Waals surface area (Å²) in [6, 6.07) is 2.06. The minimum absolute atomic E-state index is 0. The van der Waals surface area contributed by atoms with Gasteiger partial charge in [-0.2, -0.15) is 0 Å². The van der Waals surface area contributed by atoms with Crippen molar-refractivity contribution in [3.05, 3.63) is 17.0 Å². The van der Waals surface area contributed by atoms with Gasteiger partial charge in [0.25, 0.3) is 0 Å².